The molecule has 2 rings (SSSR count). The number of benzene rings is 1. The average molecular weight is 241 g/mol. The normalized spacial score (nSPS) is 10.1. The molecule has 0 atom stereocenters. The van der Waals surface area contributed by atoms with Crippen molar-refractivity contribution in [2.24, 2.45) is 5.73 Å². The number of hydrogen-bond donors (Lipinski definition) is 2. The van der Waals surface area contributed by atoms with E-state index in [0.717, 1.165) is 22.7 Å². The third-order valence-corrected chi connectivity index (χ3v) is 2.74. The highest BCUT2D eigenvalue weighted by molar-refractivity contribution is 5.96. The first kappa shape index (κ1) is 12.1. The zero-order chi connectivity index (χ0) is 13.1. The number of ether oxygens (including phenoxy) is 1. The predicted molar refractivity (Wildman–Crippen MR) is 72.0 cm³/mol. The molecule has 0 aliphatic carbocycles. The van der Waals surface area contributed by atoms with Gasteiger partial charge in [-0.05, 0) is 31.2 Å². The number of rotatable bonds is 3. The van der Waals surface area contributed by atoms with Crippen LogP contribution in [0.3, 0.4) is 0 Å². The molecule has 4 nitrogen and oxygen atoms in total. The number of pyridine rings is 1. The van der Waals surface area contributed by atoms with Crippen molar-refractivity contribution in [2.45, 2.75) is 6.92 Å². The topological polar surface area (TPSA) is 72.0 Å². The van der Waals surface area contributed by atoms with Crippen LogP contribution in [0, 0.1) is 12.3 Å². The summed E-state index contributed by atoms with van der Waals surface area (Å²) in [5.41, 5.74) is 8.72. The van der Waals surface area contributed by atoms with Crippen LogP contribution in [0.4, 0.5) is 0 Å². The van der Waals surface area contributed by atoms with E-state index in [1.54, 1.807) is 7.11 Å². The molecule has 0 aliphatic heterocycles. The van der Waals surface area contributed by atoms with Crippen LogP contribution in [0.25, 0.3) is 11.3 Å². The summed E-state index contributed by atoms with van der Waals surface area (Å²) in [6.45, 7) is 1.85. The molecule has 0 amide bonds. The van der Waals surface area contributed by atoms with E-state index in [-0.39, 0.29) is 5.84 Å². The van der Waals surface area contributed by atoms with Gasteiger partial charge in [0.1, 0.15) is 11.6 Å². The van der Waals surface area contributed by atoms with Crippen LogP contribution in [0.1, 0.15) is 11.3 Å². The van der Waals surface area contributed by atoms with Crippen LogP contribution in [-0.4, -0.2) is 17.9 Å². The van der Waals surface area contributed by atoms with Crippen molar-refractivity contribution >= 4 is 5.84 Å². The first-order valence-electron chi connectivity index (χ1n) is 5.58. The molecule has 0 bridgehead atoms. The number of nitrogen functional groups attached to an aromatic ring is 1. The van der Waals surface area contributed by atoms with E-state index in [1.807, 2.05) is 43.3 Å². The second kappa shape index (κ2) is 4.87. The van der Waals surface area contributed by atoms with Crippen molar-refractivity contribution in [1.82, 2.24) is 4.98 Å². The number of nitrogens with one attached hydrogen (secondary N) is 1. The molecule has 0 saturated heterocycles. The standard InChI is InChI=1S/C14H15N3O/c1-9-12(14(15)16)6-7-13(17-9)10-4-3-5-11(8-10)18-2/h3-8H,1-2H3,(H3,15,16). The minimum absolute atomic E-state index is 0.0391. The molecule has 1 aromatic carbocycles. The van der Waals surface area contributed by atoms with Gasteiger partial charge in [0.2, 0.25) is 0 Å². The zero-order valence-corrected chi connectivity index (χ0v) is 10.4. The van der Waals surface area contributed by atoms with E-state index in [4.69, 9.17) is 15.9 Å². The number of aryl methyl sites for hydroxylation is 1. The lowest BCUT2D eigenvalue weighted by atomic mass is 10.1. The second-order valence-electron chi connectivity index (χ2n) is 3.98. The van der Waals surface area contributed by atoms with Crippen molar-refractivity contribution in [3.8, 4) is 17.0 Å². The molecule has 2 aromatic rings. The third kappa shape index (κ3) is 2.32. The Hall–Kier alpha value is -2.36. The number of methoxy groups -OCH3 is 1. The van der Waals surface area contributed by atoms with Crippen LogP contribution in [0.2, 0.25) is 0 Å². The van der Waals surface area contributed by atoms with E-state index in [2.05, 4.69) is 4.98 Å². The molecule has 0 fully saturated rings. The predicted octanol–water partition coefficient (Wildman–Crippen LogP) is 2.35. The van der Waals surface area contributed by atoms with Crippen molar-refractivity contribution < 1.29 is 4.74 Å². The summed E-state index contributed by atoms with van der Waals surface area (Å²) in [5, 5.41) is 7.43. The van der Waals surface area contributed by atoms with Gasteiger partial charge >= 0.3 is 0 Å². The highest BCUT2D eigenvalue weighted by Crippen LogP contribution is 2.23. The minimum Gasteiger partial charge on any atom is -0.497 e. The van der Waals surface area contributed by atoms with Gasteiger partial charge in [-0.15, -0.1) is 0 Å². The largest absolute Gasteiger partial charge is 0.497 e. The fourth-order valence-corrected chi connectivity index (χ4v) is 1.79. The molecule has 92 valence electrons. The Labute approximate surface area is 106 Å². The summed E-state index contributed by atoms with van der Waals surface area (Å²) < 4.78 is 5.19. The summed E-state index contributed by atoms with van der Waals surface area (Å²) in [6.07, 6.45) is 0. The maximum Gasteiger partial charge on any atom is 0.124 e. The van der Waals surface area contributed by atoms with E-state index in [9.17, 15) is 0 Å². The first-order valence-corrected chi connectivity index (χ1v) is 5.58. The molecule has 0 unspecified atom stereocenters. The van der Waals surface area contributed by atoms with E-state index in [1.165, 1.54) is 0 Å². The molecule has 18 heavy (non-hydrogen) atoms. The summed E-state index contributed by atoms with van der Waals surface area (Å²) >= 11 is 0. The maximum atomic E-state index is 7.43. The van der Waals surface area contributed by atoms with Crippen molar-refractivity contribution in [3.05, 3.63) is 47.7 Å². The van der Waals surface area contributed by atoms with Crippen molar-refractivity contribution in [2.75, 3.05) is 7.11 Å². The maximum absolute atomic E-state index is 7.43. The van der Waals surface area contributed by atoms with Gasteiger partial charge in [0.15, 0.2) is 0 Å². The van der Waals surface area contributed by atoms with Gasteiger partial charge in [-0.3, -0.25) is 10.4 Å². The lowest BCUT2D eigenvalue weighted by Crippen LogP contribution is -2.13. The fourth-order valence-electron chi connectivity index (χ4n) is 1.79. The van der Waals surface area contributed by atoms with Gasteiger partial charge in [-0.2, -0.15) is 0 Å². The Bertz CT molecular complexity index is 593. The summed E-state index contributed by atoms with van der Waals surface area (Å²) in [6, 6.07) is 11.4. The number of amidine groups is 1. The third-order valence-electron chi connectivity index (χ3n) is 2.74. The van der Waals surface area contributed by atoms with Crippen LogP contribution in [-0.2, 0) is 0 Å². The van der Waals surface area contributed by atoms with Gasteiger partial charge in [-0.25, -0.2) is 0 Å². The molecular weight excluding hydrogens is 226 g/mol. The summed E-state index contributed by atoms with van der Waals surface area (Å²) in [4.78, 5) is 4.46. The Morgan fingerprint density at radius 2 is 2.06 bits per heavy atom. The van der Waals surface area contributed by atoms with Crippen LogP contribution in [0.15, 0.2) is 36.4 Å². The van der Waals surface area contributed by atoms with Crippen LogP contribution in [0.5, 0.6) is 5.75 Å². The smallest absolute Gasteiger partial charge is 0.124 e. The van der Waals surface area contributed by atoms with Crippen molar-refractivity contribution in [1.29, 1.82) is 5.41 Å². The lowest BCUT2D eigenvalue weighted by Gasteiger charge is -2.07. The Morgan fingerprint density at radius 1 is 1.28 bits per heavy atom. The van der Waals surface area contributed by atoms with Crippen LogP contribution >= 0.6 is 0 Å². The Morgan fingerprint density at radius 3 is 2.67 bits per heavy atom. The fraction of sp³-hybridized carbons (Fsp3) is 0.143. The van der Waals surface area contributed by atoms with Gasteiger partial charge in [0.25, 0.3) is 0 Å². The molecule has 1 heterocycles. The lowest BCUT2D eigenvalue weighted by molar-refractivity contribution is 0.415. The SMILES string of the molecule is COc1cccc(-c2ccc(C(=N)N)c(C)n2)c1. The Kier molecular flexibility index (Phi) is 3.28. The minimum atomic E-state index is 0.0391. The molecule has 0 radical (unpaired) electrons. The summed E-state index contributed by atoms with van der Waals surface area (Å²) in [7, 11) is 1.64. The van der Waals surface area contributed by atoms with E-state index < -0.39 is 0 Å². The molecule has 1 aromatic heterocycles. The molecule has 0 saturated carbocycles. The number of hydrogen-bond acceptors (Lipinski definition) is 3. The molecule has 4 heteroatoms. The summed E-state index contributed by atoms with van der Waals surface area (Å²) in [5.74, 6) is 0.833. The quantitative estimate of drug-likeness (QED) is 0.640. The molecule has 0 aliphatic rings. The number of nitrogens with two attached hydrogens (primary N) is 1. The Balaban J connectivity index is 2.45. The number of aromatic nitrogens is 1. The van der Waals surface area contributed by atoms with E-state index >= 15 is 0 Å². The molecule has 0 spiro atoms. The highest BCUT2D eigenvalue weighted by atomic mass is 16.5. The van der Waals surface area contributed by atoms with Crippen LogP contribution < -0.4 is 10.5 Å². The van der Waals surface area contributed by atoms with Gasteiger partial charge in [0, 0.05) is 16.8 Å². The molecule has 3 N–H and O–H groups in total. The molecular formula is C14H15N3O. The van der Waals surface area contributed by atoms with E-state index in [0.29, 0.717) is 5.56 Å². The number of nitrogens with zero attached hydrogens (tertiary/aromatic N) is 1. The van der Waals surface area contributed by atoms with Crippen molar-refractivity contribution in [3.63, 3.8) is 0 Å². The van der Waals surface area contributed by atoms with Gasteiger partial charge in [0.05, 0.1) is 12.8 Å². The zero-order valence-electron chi connectivity index (χ0n) is 10.4. The van der Waals surface area contributed by atoms with Gasteiger partial charge in [-0.1, -0.05) is 12.1 Å². The first-order chi connectivity index (χ1) is 8.61. The second-order valence-corrected chi connectivity index (χ2v) is 3.98. The highest BCUT2D eigenvalue weighted by Gasteiger charge is 2.06. The van der Waals surface area contributed by atoms with Gasteiger partial charge < -0.3 is 10.5 Å². The monoisotopic (exact) mass is 241 g/mol. The average Bonchev–Trinajstić information content (AvgIpc) is 2.38.